The summed E-state index contributed by atoms with van der Waals surface area (Å²) in [5.41, 5.74) is 0. The highest BCUT2D eigenvalue weighted by Crippen LogP contribution is 2.18. The van der Waals surface area contributed by atoms with Crippen LogP contribution in [0.2, 0.25) is 0 Å². The fourth-order valence-electron chi connectivity index (χ4n) is 10.7. The van der Waals surface area contributed by atoms with Crippen LogP contribution in [0, 0.1) is 0 Å². The maximum atomic E-state index is 12.5. The Balaban J connectivity index is 3.41. The lowest BCUT2D eigenvalue weighted by Gasteiger charge is -2.22. The molecule has 0 aromatic rings. The molecule has 0 aliphatic heterocycles. The van der Waals surface area contributed by atoms with Crippen molar-refractivity contribution in [1.29, 1.82) is 0 Å². The lowest BCUT2D eigenvalue weighted by Crippen LogP contribution is -2.45. The second-order valence-corrected chi connectivity index (χ2v) is 23.5. The molecule has 0 saturated heterocycles. The summed E-state index contributed by atoms with van der Waals surface area (Å²) in [4.78, 5) is 24.6. The van der Waals surface area contributed by atoms with Crippen LogP contribution in [0.4, 0.5) is 0 Å². The molecule has 75 heavy (non-hydrogen) atoms. The van der Waals surface area contributed by atoms with E-state index in [1.165, 1.54) is 302 Å². The molecule has 2 atom stereocenters. The van der Waals surface area contributed by atoms with Crippen molar-refractivity contribution in [3.05, 3.63) is 24.3 Å². The summed E-state index contributed by atoms with van der Waals surface area (Å²) in [5.74, 6) is -0.0331. The van der Waals surface area contributed by atoms with Gasteiger partial charge in [-0.3, -0.25) is 9.59 Å². The van der Waals surface area contributed by atoms with E-state index in [-0.39, 0.29) is 18.5 Å². The molecule has 0 radical (unpaired) electrons. The average molecular weight is 1060 g/mol. The molecular weight excluding hydrogens is 923 g/mol. The zero-order valence-electron chi connectivity index (χ0n) is 50.8. The van der Waals surface area contributed by atoms with Gasteiger partial charge < -0.3 is 20.3 Å². The summed E-state index contributed by atoms with van der Waals surface area (Å²) >= 11 is 0. The van der Waals surface area contributed by atoms with Crippen molar-refractivity contribution in [2.75, 3.05) is 13.2 Å². The molecule has 0 aliphatic rings. The third-order valence-corrected chi connectivity index (χ3v) is 16.0. The number of carbonyl (C=O) groups is 2. The number of rotatable bonds is 64. The molecule has 0 aromatic heterocycles. The summed E-state index contributed by atoms with van der Waals surface area (Å²) in [6, 6.07) is -0.548. The highest BCUT2D eigenvalue weighted by Gasteiger charge is 2.20. The lowest BCUT2D eigenvalue weighted by atomic mass is 10.0. The van der Waals surface area contributed by atoms with E-state index in [9.17, 15) is 19.8 Å². The minimum atomic E-state index is -0.670. The van der Waals surface area contributed by atoms with Crippen molar-refractivity contribution in [3.63, 3.8) is 0 Å². The number of esters is 1. The zero-order valence-corrected chi connectivity index (χ0v) is 50.8. The van der Waals surface area contributed by atoms with Crippen LogP contribution in [-0.2, 0) is 14.3 Å². The third kappa shape index (κ3) is 61.4. The highest BCUT2D eigenvalue weighted by atomic mass is 16.5. The van der Waals surface area contributed by atoms with Crippen LogP contribution in [0.15, 0.2) is 24.3 Å². The number of carbonyl (C=O) groups excluding carboxylic acids is 2. The fraction of sp³-hybridized carbons (Fsp3) is 0.913. The number of allylic oxidation sites excluding steroid dienone is 4. The predicted molar refractivity (Wildman–Crippen MR) is 329 cm³/mol. The Morgan fingerprint density at radius 2 is 0.627 bits per heavy atom. The number of ether oxygens (including phenoxy) is 1. The average Bonchev–Trinajstić information content (AvgIpc) is 3.41. The first-order valence-corrected chi connectivity index (χ1v) is 34.1. The first-order valence-electron chi connectivity index (χ1n) is 34.1. The van der Waals surface area contributed by atoms with Gasteiger partial charge in [-0.15, -0.1) is 0 Å². The highest BCUT2D eigenvalue weighted by molar-refractivity contribution is 5.76. The van der Waals surface area contributed by atoms with Crippen LogP contribution in [0.1, 0.15) is 380 Å². The van der Waals surface area contributed by atoms with Gasteiger partial charge in [0.05, 0.1) is 25.4 Å². The molecule has 444 valence electrons. The van der Waals surface area contributed by atoms with E-state index >= 15 is 0 Å². The maximum Gasteiger partial charge on any atom is 0.305 e. The Hall–Kier alpha value is -1.66. The monoisotopic (exact) mass is 1060 g/mol. The molecule has 3 N–H and O–H groups in total. The maximum absolute atomic E-state index is 12.5. The van der Waals surface area contributed by atoms with Crippen molar-refractivity contribution in [2.45, 2.75) is 392 Å². The molecule has 1 amide bonds. The first-order chi connectivity index (χ1) is 37.0. The topological polar surface area (TPSA) is 95.9 Å². The molecule has 6 heteroatoms. The lowest BCUT2D eigenvalue weighted by molar-refractivity contribution is -0.143. The van der Waals surface area contributed by atoms with Crippen LogP contribution in [0.25, 0.3) is 0 Å². The van der Waals surface area contributed by atoms with E-state index in [1.54, 1.807) is 0 Å². The van der Waals surface area contributed by atoms with Gasteiger partial charge in [0.25, 0.3) is 0 Å². The Morgan fingerprint density at radius 1 is 0.360 bits per heavy atom. The molecule has 0 saturated carbocycles. The second-order valence-electron chi connectivity index (χ2n) is 23.5. The number of aliphatic hydroxyl groups excluding tert-OH is 2. The number of hydrogen-bond acceptors (Lipinski definition) is 5. The fourth-order valence-corrected chi connectivity index (χ4v) is 10.7. The molecule has 0 aliphatic carbocycles. The van der Waals surface area contributed by atoms with Crippen molar-refractivity contribution in [1.82, 2.24) is 5.32 Å². The minimum absolute atomic E-state index is 0.00619. The van der Waals surface area contributed by atoms with Gasteiger partial charge in [0, 0.05) is 12.8 Å². The quantitative estimate of drug-likeness (QED) is 0.0320. The largest absolute Gasteiger partial charge is 0.466 e. The van der Waals surface area contributed by atoms with E-state index in [0.717, 1.165) is 44.9 Å². The van der Waals surface area contributed by atoms with Gasteiger partial charge in [-0.05, 0) is 77.0 Å². The SMILES string of the molecule is CCCCCCCCC/C=C\CCCCCCCCCC(=O)OCCCCCCCCCCCC/C=C\CCCCCCCCCC(=O)NC(CO)C(O)CCCCCCCCCCCCCCCCCCCCC. The normalized spacial score (nSPS) is 12.6. The molecule has 0 aromatic carbocycles. The molecule has 2 unspecified atom stereocenters. The third-order valence-electron chi connectivity index (χ3n) is 16.0. The summed E-state index contributed by atoms with van der Waals surface area (Å²) in [5, 5.41) is 23.4. The van der Waals surface area contributed by atoms with E-state index in [0.29, 0.717) is 25.9 Å². The minimum Gasteiger partial charge on any atom is -0.466 e. The number of aliphatic hydroxyl groups is 2. The Morgan fingerprint density at radius 3 is 0.947 bits per heavy atom. The number of unbranched alkanes of at least 4 members (excludes halogenated alkanes) is 49. The number of amides is 1. The van der Waals surface area contributed by atoms with Gasteiger partial charge in [-0.2, -0.15) is 0 Å². The van der Waals surface area contributed by atoms with Crippen molar-refractivity contribution in [3.8, 4) is 0 Å². The number of nitrogens with one attached hydrogen (secondary N) is 1. The van der Waals surface area contributed by atoms with Crippen molar-refractivity contribution in [2.24, 2.45) is 0 Å². The molecule has 0 fully saturated rings. The van der Waals surface area contributed by atoms with Gasteiger partial charge >= 0.3 is 5.97 Å². The zero-order chi connectivity index (χ0) is 54.3. The van der Waals surface area contributed by atoms with Gasteiger partial charge in [0.1, 0.15) is 0 Å². The molecule has 6 nitrogen and oxygen atoms in total. The van der Waals surface area contributed by atoms with E-state index in [2.05, 4.69) is 43.5 Å². The van der Waals surface area contributed by atoms with Gasteiger partial charge in [-0.25, -0.2) is 0 Å². The summed E-state index contributed by atoms with van der Waals surface area (Å²) in [6.45, 7) is 4.98. The van der Waals surface area contributed by atoms with Crippen LogP contribution < -0.4 is 5.32 Å². The Bertz CT molecular complexity index is 1170. The summed E-state index contributed by atoms with van der Waals surface area (Å²) in [7, 11) is 0. The van der Waals surface area contributed by atoms with Gasteiger partial charge in [0.15, 0.2) is 0 Å². The van der Waals surface area contributed by atoms with Gasteiger partial charge in [0.2, 0.25) is 5.91 Å². The second kappa shape index (κ2) is 64.9. The van der Waals surface area contributed by atoms with E-state index < -0.39 is 12.1 Å². The van der Waals surface area contributed by atoms with Crippen molar-refractivity contribution >= 4 is 11.9 Å². The summed E-state index contributed by atoms with van der Waals surface area (Å²) in [6.07, 6.45) is 80.6. The Kier molecular flexibility index (Phi) is 63.4. The van der Waals surface area contributed by atoms with E-state index in [1.807, 2.05) is 0 Å². The van der Waals surface area contributed by atoms with Crippen LogP contribution >= 0.6 is 0 Å². The first kappa shape index (κ1) is 73.3. The molecule has 0 spiro atoms. The van der Waals surface area contributed by atoms with Crippen LogP contribution in [0.5, 0.6) is 0 Å². The molecular formula is C69H133NO5. The van der Waals surface area contributed by atoms with E-state index in [4.69, 9.17) is 4.74 Å². The van der Waals surface area contributed by atoms with Crippen LogP contribution in [0.3, 0.4) is 0 Å². The number of hydrogen-bond donors (Lipinski definition) is 3. The predicted octanol–water partition coefficient (Wildman–Crippen LogP) is 21.8. The molecule has 0 rings (SSSR count). The Labute approximate surface area is 469 Å². The van der Waals surface area contributed by atoms with Crippen molar-refractivity contribution < 1.29 is 24.5 Å². The smallest absolute Gasteiger partial charge is 0.305 e. The summed E-state index contributed by atoms with van der Waals surface area (Å²) < 4.78 is 5.50. The van der Waals surface area contributed by atoms with Gasteiger partial charge in [-0.1, -0.05) is 314 Å². The standard InChI is InChI=1S/C69H133NO5/c1-3-5-7-9-11-13-15-17-19-21-26-29-33-37-41-45-49-53-57-61-67(72)66(65-71)70-68(73)62-58-54-50-46-42-38-34-30-27-24-23-25-28-32-36-40-44-48-52-56-60-64-75-69(74)63-59-55-51-47-43-39-35-31-22-20-18-16-14-12-10-8-6-4-2/h20,22,24,27,66-67,71-72H,3-19,21,23,25-26,28-65H2,1-2H3,(H,70,73)/b22-20-,27-24-. The van der Waals surface area contributed by atoms with Crippen LogP contribution in [-0.4, -0.2) is 47.4 Å². The molecule has 0 bridgehead atoms. The molecule has 0 heterocycles.